The largest absolute Gasteiger partial charge is 0.481 e. The van der Waals surface area contributed by atoms with Gasteiger partial charge in [-0.05, 0) is 24.1 Å². The van der Waals surface area contributed by atoms with Gasteiger partial charge in [0.2, 0.25) is 0 Å². The molecule has 20 heavy (non-hydrogen) atoms. The van der Waals surface area contributed by atoms with Gasteiger partial charge in [0.15, 0.2) is 0 Å². The van der Waals surface area contributed by atoms with Crippen molar-refractivity contribution in [3.63, 3.8) is 0 Å². The van der Waals surface area contributed by atoms with Crippen LogP contribution in [0.5, 0.6) is 0 Å². The summed E-state index contributed by atoms with van der Waals surface area (Å²) < 4.78 is 13.6. The molecule has 0 saturated heterocycles. The second kappa shape index (κ2) is 5.54. The lowest BCUT2D eigenvalue weighted by atomic mass is 9.88. The number of nitriles is 1. The summed E-state index contributed by atoms with van der Waals surface area (Å²) in [6, 6.07) is 12.7. The molecule has 0 heterocycles. The smallest absolute Gasteiger partial charge is 0.315 e. The van der Waals surface area contributed by atoms with Crippen LogP contribution in [0.4, 0.5) is 4.39 Å². The lowest BCUT2D eigenvalue weighted by Gasteiger charge is -2.15. The molecule has 2 aromatic rings. The molecule has 0 radical (unpaired) electrons. The summed E-state index contributed by atoms with van der Waals surface area (Å²) in [5, 5.41) is 18.5. The molecular weight excluding hydrogens is 257 g/mol. The van der Waals surface area contributed by atoms with Gasteiger partial charge in [0.05, 0.1) is 5.56 Å². The Morgan fingerprint density at radius 1 is 1.25 bits per heavy atom. The summed E-state index contributed by atoms with van der Waals surface area (Å²) in [7, 11) is 0. The summed E-state index contributed by atoms with van der Waals surface area (Å²) in [5.74, 6) is -2.87. The van der Waals surface area contributed by atoms with Crippen LogP contribution >= 0.6 is 0 Å². The number of aryl methyl sites for hydroxylation is 1. The normalized spacial score (nSPS) is 11.7. The molecule has 0 aliphatic carbocycles. The molecule has 0 bridgehead atoms. The molecule has 1 unspecified atom stereocenters. The van der Waals surface area contributed by atoms with Crippen molar-refractivity contribution in [2.75, 3.05) is 0 Å². The highest BCUT2D eigenvalue weighted by atomic mass is 19.1. The second-order valence-electron chi connectivity index (χ2n) is 4.50. The number of carbonyl (C=O) groups is 1. The number of carboxylic acid groups (broad SMARTS) is 1. The van der Waals surface area contributed by atoms with Crippen molar-refractivity contribution in [2.45, 2.75) is 12.8 Å². The van der Waals surface area contributed by atoms with E-state index in [1.54, 1.807) is 30.3 Å². The van der Waals surface area contributed by atoms with Crippen LogP contribution in [0.3, 0.4) is 0 Å². The third-order valence-electron chi connectivity index (χ3n) is 3.13. The van der Waals surface area contributed by atoms with E-state index in [1.165, 1.54) is 12.1 Å². The van der Waals surface area contributed by atoms with Crippen LogP contribution in [0.25, 0.3) is 0 Å². The number of halogens is 1. The van der Waals surface area contributed by atoms with Crippen molar-refractivity contribution >= 4 is 5.97 Å². The quantitative estimate of drug-likeness (QED) is 0.930. The van der Waals surface area contributed by atoms with Crippen molar-refractivity contribution < 1.29 is 14.3 Å². The van der Waals surface area contributed by atoms with Gasteiger partial charge in [-0.3, -0.25) is 4.79 Å². The average Bonchev–Trinajstić information content (AvgIpc) is 2.41. The Kier molecular flexibility index (Phi) is 3.81. The van der Waals surface area contributed by atoms with Crippen LogP contribution in [0.1, 0.15) is 28.2 Å². The molecule has 2 rings (SSSR count). The van der Waals surface area contributed by atoms with Crippen molar-refractivity contribution in [2.24, 2.45) is 0 Å². The molecular formula is C16H12FNO2. The highest BCUT2D eigenvalue weighted by Crippen LogP contribution is 2.29. The predicted molar refractivity (Wildman–Crippen MR) is 71.8 cm³/mol. The van der Waals surface area contributed by atoms with Gasteiger partial charge in [-0.1, -0.05) is 42.0 Å². The van der Waals surface area contributed by atoms with Gasteiger partial charge < -0.3 is 5.11 Å². The number of hydrogen-bond donors (Lipinski definition) is 1. The summed E-state index contributed by atoms with van der Waals surface area (Å²) >= 11 is 0. The number of aliphatic carboxylic acids is 1. The van der Waals surface area contributed by atoms with Crippen LogP contribution in [0.2, 0.25) is 0 Å². The molecule has 100 valence electrons. The fourth-order valence-corrected chi connectivity index (χ4v) is 2.11. The maximum atomic E-state index is 13.6. The molecule has 0 aliphatic rings. The summed E-state index contributed by atoms with van der Waals surface area (Å²) in [5.41, 5.74) is 1.46. The molecule has 1 N–H and O–H groups in total. The van der Waals surface area contributed by atoms with Crippen molar-refractivity contribution in [1.29, 1.82) is 5.26 Å². The Hall–Kier alpha value is -2.67. The molecule has 0 amide bonds. The minimum atomic E-state index is -1.11. The SMILES string of the molecule is Cc1ccc(C(C(=O)O)c2cccc(F)c2C#N)cc1. The van der Waals surface area contributed by atoms with Crippen LogP contribution in [0.15, 0.2) is 42.5 Å². The number of benzene rings is 2. The lowest BCUT2D eigenvalue weighted by molar-refractivity contribution is -0.137. The Labute approximate surface area is 115 Å². The van der Waals surface area contributed by atoms with E-state index in [2.05, 4.69) is 0 Å². The van der Waals surface area contributed by atoms with Gasteiger partial charge in [-0.15, -0.1) is 0 Å². The van der Waals surface area contributed by atoms with Gasteiger partial charge in [0.1, 0.15) is 17.8 Å². The van der Waals surface area contributed by atoms with E-state index in [0.29, 0.717) is 5.56 Å². The number of rotatable bonds is 3. The van der Waals surface area contributed by atoms with E-state index < -0.39 is 17.7 Å². The second-order valence-corrected chi connectivity index (χ2v) is 4.50. The van der Waals surface area contributed by atoms with Gasteiger partial charge in [-0.25, -0.2) is 4.39 Å². The van der Waals surface area contributed by atoms with E-state index >= 15 is 0 Å². The van der Waals surface area contributed by atoms with E-state index in [0.717, 1.165) is 11.6 Å². The third kappa shape index (κ3) is 2.52. The minimum Gasteiger partial charge on any atom is -0.481 e. The Morgan fingerprint density at radius 2 is 1.90 bits per heavy atom. The first-order valence-electron chi connectivity index (χ1n) is 6.02. The molecule has 0 spiro atoms. The van der Waals surface area contributed by atoms with E-state index in [1.807, 2.05) is 6.92 Å². The van der Waals surface area contributed by atoms with Crippen molar-refractivity contribution in [3.8, 4) is 6.07 Å². The zero-order valence-corrected chi connectivity index (χ0v) is 10.8. The molecule has 0 aliphatic heterocycles. The van der Waals surface area contributed by atoms with Gasteiger partial charge in [0, 0.05) is 0 Å². The van der Waals surface area contributed by atoms with Crippen molar-refractivity contribution in [1.82, 2.24) is 0 Å². The number of nitrogens with zero attached hydrogens (tertiary/aromatic N) is 1. The molecule has 2 aromatic carbocycles. The van der Waals surface area contributed by atoms with Gasteiger partial charge in [0.25, 0.3) is 0 Å². The Balaban J connectivity index is 2.61. The predicted octanol–water partition coefficient (Wildman–Crippen LogP) is 3.22. The first kappa shape index (κ1) is 13.8. The first-order chi connectivity index (χ1) is 9.54. The minimum absolute atomic E-state index is 0.170. The third-order valence-corrected chi connectivity index (χ3v) is 3.13. The monoisotopic (exact) mass is 269 g/mol. The van der Waals surface area contributed by atoms with Crippen LogP contribution in [0, 0.1) is 24.1 Å². The molecule has 0 fully saturated rings. The zero-order valence-electron chi connectivity index (χ0n) is 10.8. The van der Waals surface area contributed by atoms with Crippen molar-refractivity contribution in [3.05, 3.63) is 70.5 Å². The molecule has 1 atom stereocenters. The Bertz CT molecular complexity index is 687. The Morgan fingerprint density at radius 3 is 2.45 bits per heavy atom. The van der Waals surface area contributed by atoms with Crippen LogP contribution in [-0.2, 0) is 4.79 Å². The highest BCUT2D eigenvalue weighted by Gasteiger charge is 2.26. The fraction of sp³-hybridized carbons (Fsp3) is 0.125. The highest BCUT2D eigenvalue weighted by molar-refractivity contribution is 5.81. The summed E-state index contributed by atoms with van der Waals surface area (Å²) in [4.78, 5) is 11.5. The average molecular weight is 269 g/mol. The van der Waals surface area contributed by atoms with E-state index in [-0.39, 0.29) is 11.1 Å². The number of hydrogen-bond acceptors (Lipinski definition) is 2. The molecule has 4 heteroatoms. The zero-order chi connectivity index (χ0) is 14.7. The topological polar surface area (TPSA) is 61.1 Å². The van der Waals surface area contributed by atoms with E-state index in [9.17, 15) is 14.3 Å². The fourth-order valence-electron chi connectivity index (χ4n) is 2.11. The summed E-state index contributed by atoms with van der Waals surface area (Å²) in [6.07, 6.45) is 0. The van der Waals surface area contributed by atoms with Gasteiger partial charge in [-0.2, -0.15) is 5.26 Å². The van der Waals surface area contributed by atoms with Crippen LogP contribution < -0.4 is 0 Å². The number of carboxylic acids is 1. The molecule has 0 saturated carbocycles. The van der Waals surface area contributed by atoms with Gasteiger partial charge >= 0.3 is 5.97 Å². The standard InChI is InChI=1S/C16H12FNO2/c1-10-5-7-11(8-6-10)15(16(19)20)12-3-2-4-14(17)13(12)9-18/h2-8,15H,1H3,(H,19,20). The maximum Gasteiger partial charge on any atom is 0.315 e. The van der Waals surface area contributed by atoms with Crippen LogP contribution in [-0.4, -0.2) is 11.1 Å². The maximum absolute atomic E-state index is 13.6. The summed E-state index contributed by atoms with van der Waals surface area (Å²) in [6.45, 7) is 1.89. The lowest BCUT2D eigenvalue weighted by Crippen LogP contribution is -2.15. The first-order valence-corrected chi connectivity index (χ1v) is 6.02. The van der Waals surface area contributed by atoms with E-state index in [4.69, 9.17) is 5.26 Å². The molecule has 0 aromatic heterocycles. The molecule has 3 nitrogen and oxygen atoms in total.